The molecule has 1 atom stereocenters. The molecule has 1 aromatic carbocycles. The van der Waals surface area contributed by atoms with Gasteiger partial charge in [-0.3, -0.25) is 4.90 Å². The number of carboxylic acid groups (broad SMARTS) is 1. The van der Waals surface area contributed by atoms with Crippen LogP contribution in [0.25, 0.3) is 0 Å². The Labute approximate surface area is 123 Å². The van der Waals surface area contributed by atoms with Gasteiger partial charge in [-0.15, -0.1) is 5.10 Å². The lowest BCUT2D eigenvalue weighted by Crippen LogP contribution is -2.48. The Morgan fingerprint density at radius 2 is 2.10 bits per heavy atom. The second-order valence-electron chi connectivity index (χ2n) is 5.53. The first kappa shape index (κ1) is 13.8. The maximum atomic E-state index is 10.8. The van der Waals surface area contributed by atoms with E-state index in [1.807, 2.05) is 6.07 Å². The summed E-state index contributed by atoms with van der Waals surface area (Å²) in [6.07, 6.45) is 1.50. The molecule has 0 spiro atoms. The predicted molar refractivity (Wildman–Crippen MR) is 77.2 cm³/mol. The van der Waals surface area contributed by atoms with Crippen molar-refractivity contribution in [3.63, 3.8) is 0 Å². The van der Waals surface area contributed by atoms with Gasteiger partial charge >= 0.3 is 5.97 Å². The van der Waals surface area contributed by atoms with Gasteiger partial charge in [-0.05, 0) is 25.0 Å². The Balaban J connectivity index is 1.65. The van der Waals surface area contributed by atoms with Crippen molar-refractivity contribution in [1.29, 1.82) is 0 Å². The number of carboxylic acids is 1. The van der Waals surface area contributed by atoms with Gasteiger partial charge in [0.05, 0.1) is 12.2 Å². The van der Waals surface area contributed by atoms with Gasteiger partial charge in [0.1, 0.15) is 0 Å². The number of likely N-dealkylation sites (tertiary alicyclic amines) is 1. The van der Waals surface area contributed by atoms with Crippen LogP contribution in [0.15, 0.2) is 30.5 Å². The molecule has 1 saturated heterocycles. The van der Waals surface area contributed by atoms with Gasteiger partial charge in [0.15, 0.2) is 5.69 Å². The van der Waals surface area contributed by atoms with E-state index in [1.165, 1.54) is 17.3 Å². The zero-order chi connectivity index (χ0) is 15.0. The number of carbonyl (C=O) groups is 1. The number of hydrogen-bond donors (Lipinski definition) is 1. The molecule has 110 valence electrons. The molecule has 0 aliphatic carbocycles. The van der Waals surface area contributed by atoms with E-state index in [-0.39, 0.29) is 11.7 Å². The third-order valence-electron chi connectivity index (χ3n) is 4.18. The molecule has 3 rings (SSSR count). The topological polar surface area (TPSA) is 71.2 Å². The Morgan fingerprint density at radius 1 is 1.38 bits per heavy atom. The summed E-state index contributed by atoms with van der Waals surface area (Å²) in [5, 5.41) is 16.4. The van der Waals surface area contributed by atoms with Gasteiger partial charge in [-0.25, -0.2) is 9.48 Å². The molecule has 2 aromatic rings. The molecule has 2 heterocycles. The van der Waals surface area contributed by atoms with Crippen molar-refractivity contribution < 1.29 is 9.90 Å². The number of hydrogen-bond acceptors (Lipinski definition) is 4. The van der Waals surface area contributed by atoms with Crippen LogP contribution in [0.1, 0.15) is 40.6 Å². The van der Waals surface area contributed by atoms with E-state index in [1.54, 1.807) is 4.68 Å². The van der Waals surface area contributed by atoms with E-state index in [2.05, 4.69) is 47.3 Å². The quantitative estimate of drug-likeness (QED) is 0.929. The molecule has 1 N–H and O–H groups in total. The predicted octanol–water partition coefficient (Wildman–Crippen LogP) is 1.90. The van der Waals surface area contributed by atoms with Gasteiger partial charge in [0, 0.05) is 19.1 Å². The fraction of sp³-hybridized carbons (Fsp3) is 0.400. The summed E-state index contributed by atoms with van der Waals surface area (Å²) in [4.78, 5) is 13.2. The molecule has 21 heavy (non-hydrogen) atoms. The molecule has 0 bridgehead atoms. The van der Waals surface area contributed by atoms with Gasteiger partial charge in [-0.1, -0.05) is 29.5 Å². The molecule has 1 aliphatic rings. The maximum absolute atomic E-state index is 10.8. The second-order valence-corrected chi connectivity index (χ2v) is 5.53. The Hall–Kier alpha value is -2.21. The molecule has 6 nitrogen and oxygen atoms in total. The molecule has 0 radical (unpaired) electrons. The highest BCUT2D eigenvalue weighted by Crippen LogP contribution is 2.31. The minimum absolute atomic E-state index is 0.000372. The van der Waals surface area contributed by atoms with Crippen molar-refractivity contribution in [2.45, 2.75) is 25.9 Å². The Morgan fingerprint density at radius 3 is 2.71 bits per heavy atom. The molecule has 0 saturated carbocycles. The average Bonchev–Trinajstić information content (AvgIpc) is 2.87. The summed E-state index contributed by atoms with van der Waals surface area (Å²) in [5.74, 6) is -1.04. The van der Waals surface area contributed by atoms with Crippen LogP contribution >= 0.6 is 0 Å². The first-order valence-corrected chi connectivity index (χ1v) is 7.01. The summed E-state index contributed by atoms with van der Waals surface area (Å²) in [5.41, 5.74) is 2.63. The lowest BCUT2D eigenvalue weighted by Gasteiger charge is -2.43. The van der Waals surface area contributed by atoms with Crippen molar-refractivity contribution in [3.8, 4) is 0 Å². The number of nitrogens with zero attached hydrogens (tertiary/aromatic N) is 4. The number of aromatic nitrogens is 3. The first-order chi connectivity index (χ1) is 10.1. The van der Waals surface area contributed by atoms with Crippen LogP contribution in [0.5, 0.6) is 0 Å². The smallest absolute Gasteiger partial charge is 0.358 e. The summed E-state index contributed by atoms with van der Waals surface area (Å²) < 4.78 is 1.66. The van der Waals surface area contributed by atoms with Crippen molar-refractivity contribution in [2.24, 2.45) is 0 Å². The number of benzene rings is 1. The molecule has 6 heteroatoms. The lowest BCUT2D eigenvalue weighted by molar-refractivity contribution is 0.0583. The molecule has 1 fully saturated rings. The molecule has 1 unspecified atom stereocenters. The first-order valence-electron chi connectivity index (χ1n) is 7.01. The van der Waals surface area contributed by atoms with E-state index in [0.717, 1.165) is 13.1 Å². The minimum Gasteiger partial charge on any atom is -0.476 e. The van der Waals surface area contributed by atoms with E-state index in [0.29, 0.717) is 6.04 Å². The number of rotatable bonds is 4. The summed E-state index contributed by atoms with van der Waals surface area (Å²) in [6.45, 7) is 6.04. The Kier molecular flexibility index (Phi) is 3.47. The van der Waals surface area contributed by atoms with Gasteiger partial charge < -0.3 is 5.11 Å². The summed E-state index contributed by atoms with van der Waals surface area (Å²) >= 11 is 0. The van der Waals surface area contributed by atoms with Gasteiger partial charge in [0.2, 0.25) is 0 Å². The average molecular weight is 286 g/mol. The van der Waals surface area contributed by atoms with Crippen LogP contribution in [0.3, 0.4) is 0 Å². The van der Waals surface area contributed by atoms with Crippen LogP contribution in [0, 0.1) is 6.92 Å². The number of aryl methyl sites for hydroxylation is 1. The minimum atomic E-state index is -1.04. The molecular weight excluding hydrogens is 268 g/mol. The normalized spacial score (nSPS) is 17.4. The maximum Gasteiger partial charge on any atom is 0.358 e. The molecular formula is C15H18N4O2. The molecule has 0 amide bonds. The second kappa shape index (κ2) is 5.29. The fourth-order valence-electron chi connectivity index (χ4n) is 2.78. The monoisotopic (exact) mass is 286 g/mol. The van der Waals surface area contributed by atoms with E-state index in [4.69, 9.17) is 5.11 Å². The zero-order valence-corrected chi connectivity index (χ0v) is 12.1. The molecule has 1 aliphatic heterocycles. The summed E-state index contributed by atoms with van der Waals surface area (Å²) in [6, 6.07) is 8.95. The highest BCUT2D eigenvalue weighted by Gasteiger charge is 2.33. The van der Waals surface area contributed by atoms with Crippen molar-refractivity contribution >= 4 is 5.97 Å². The largest absolute Gasteiger partial charge is 0.476 e. The molecule has 1 aromatic heterocycles. The van der Waals surface area contributed by atoms with Crippen molar-refractivity contribution in [3.05, 3.63) is 47.3 Å². The van der Waals surface area contributed by atoms with Crippen LogP contribution < -0.4 is 0 Å². The van der Waals surface area contributed by atoms with Crippen LogP contribution in [-0.2, 0) is 0 Å². The van der Waals surface area contributed by atoms with Crippen molar-refractivity contribution in [2.75, 3.05) is 13.1 Å². The highest BCUT2D eigenvalue weighted by molar-refractivity contribution is 5.84. The van der Waals surface area contributed by atoms with Crippen LogP contribution in [0.2, 0.25) is 0 Å². The zero-order valence-electron chi connectivity index (χ0n) is 12.1. The highest BCUT2D eigenvalue weighted by atomic mass is 16.4. The van der Waals surface area contributed by atoms with Crippen LogP contribution in [-0.4, -0.2) is 44.1 Å². The number of aromatic carboxylic acids is 1. The van der Waals surface area contributed by atoms with Gasteiger partial charge in [-0.2, -0.15) is 0 Å². The summed E-state index contributed by atoms with van der Waals surface area (Å²) in [7, 11) is 0. The SMILES string of the molecule is Cc1ccccc1C(C)N1CC(n2cc(C(=O)O)nn2)C1. The Bertz CT molecular complexity index is 661. The van der Waals surface area contributed by atoms with Gasteiger partial charge in [0.25, 0.3) is 0 Å². The third kappa shape index (κ3) is 2.54. The van der Waals surface area contributed by atoms with Crippen LogP contribution in [0.4, 0.5) is 0 Å². The van der Waals surface area contributed by atoms with E-state index in [9.17, 15) is 4.79 Å². The third-order valence-corrected chi connectivity index (χ3v) is 4.18. The van der Waals surface area contributed by atoms with Crippen molar-refractivity contribution in [1.82, 2.24) is 19.9 Å². The standard InChI is InChI=1S/C15H18N4O2/c1-10-5-3-4-6-13(10)11(2)18-7-12(8-18)19-9-14(15(20)21)16-17-19/h3-6,9,11-12H,7-8H2,1-2H3,(H,20,21). The van der Waals surface area contributed by atoms with E-state index < -0.39 is 5.97 Å². The lowest BCUT2D eigenvalue weighted by atomic mass is 9.97. The fourth-order valence-corrected chi connectivity index (χ4v) is 2.78. The van der Waals surface area contributed by atoms with E-state index >= 15 is 0 Å².